The average Bonchev–Trinajstić information content (AvgIpc) is 2.87. The minimum Gasteiger partial charge on any atom is -0.352 e. The maximum absolute atomic E-state index is 13.7. The van der Waals surface area contributed by atoms with Gasteiger partial charge in [0.15, 0.2) is 0 Å². The number of nitrogens with zero attached hydrogens (tertiary/aromatic N) is 1. The van der Waals surface area contributed by atoms with Crippen molar-refractivity contribution in [3.05, 3.63) is 99.5 Å². The summed E-state index contributed by atoms with van der Waals surface area (Å²) in [7, 11) is 0. The lowest BCUT2D eigenvalue weighted by molar-refractivity contribution is -0.139. The lowest BCUT2D eigenvalue weighted by atomic mass is 10.0. The van der Waals surface area contributed by atoms with Crippen LogP contribution in [-0.2, 0) is 22.6 Å². The maximum Gasteiger partial charge on any atom is 0.243 e. The van der Waals surface area contributed by atoms with Gasteiger partial charge in [-0.2, -0.15) is 0 Å². The molecule has 3 aromatic rings. The first-order valence-corrected chi connectivity index (χ1v) is 13.8. The molecule has 0 radical (unpaired) electrons. The van der Waals surface area contributed by atoms with Crippen LogP contribution in [0.4, 0.5) is 0 Å². The predicted molar refractivity (Wildman–Crippen MR) is 151 cm³/mol. The van der Waals surface area contributed by atoms with Gasteiger partial charge in [-0.05, 0) is 50.1 Å². The summed E-state index contributed by atoms with van der Waals surface area (Å²) in [5.41, 5.74) is 2.75. The Hall–Kier alpha value is -2.47. The van der Waals surface area contributed by atoms with Gasteiger partial charge >= 0.3 is 0 Å². The molecule has 0 aliphatic heterocycles. The van der Waals surface area contributed by atoms with Gasteiger partial charge in [-0.25, -0.2) is 0 Å². The number of hydrogen-bond donors (Lipinski definition) is 1. The van der Waals surface area contributed by atoms with Crippen LogP contribution in [0.3, 0.4) is 0 Å². The number of aryl methyl sites for hydroxylation is 1. The van der Waals surface area contributed by atoms with E-state index in [2.05, 4.69) is 5.32 Å². The molecular weight excluding hydrogens is 511 g/mol. The van der Waals surface area contributed by atoms with Crippen LogP contribution in [-0.4, -0.2) is 34.6 Å². The quantitative estimate of drug-likeness (QED) is 0.266. The van der Waals surface area contributed by atoms with Crippen LogP contribution in [0.15, 0.2) is 77.7 Å². The van der Waals surface area contributed by atoms with E-state index < -0.39 is 6.04 Å². The van der Waals surface area contributed by atoms with Gasteiger partial charge in [0.2, 0.25) is 11.8 Å². The lowest BCUT2D eigenvalue weighted by Crippen LogP contribution is -2.52. The Morgan fingerprint density at radius 3 is 2.19 bits per heavy atom. The summed E-state index contributed by atoms with van der Waals surface area (Å²) in [5.74, 6) is -0.158. The fraction of sp³-hybridized carbons (Fsp3) is 0.310. The van der Waals surface area contributed by atoms with Gasteiger partial charge in [0.05, 0.1) is 5.75 Å². The van der Waals surface area contributed by atoms with Crippen molar-refractivity contribution in [2.45, 2.75) is 57.1 Å². The Bertz CT molecular complexity index is 1140. The number of benzene rings is 3. The number of rotatable bonds is 11. The Balaban J connectivity index is 1.95. The maximum atomic E-state index is 13.7. The van der Waals surface area contributed by atoms with Crippen LogP contribution in [0.25, 0.3) is 0 Å². The minimum absolute atomic E-state index is 0.0152. The molecule has 0 saturated carbocycles. The molecule has 0 aliphatic rings. The lowest BCUT2D eigenvalue weighted by Gasteiger charge is -2.32. The molecule has 0 unspecified atom stereocenters. The molecule has 2 amide bonds. The second kappa shape index (κ2) is 13.7. The molecule has 0 saturated heterocycles. The molecular formula is C29H32Cl2N2O2S. The van der Waals surface area contributed by atoms with Crippen LogP contribution in [0.5, 0.6) is 0 Å². The molecule has 1 N–H and O–H groups in total. The number of carbonyl (C=O) groups is 2. The molecule has 0 heterocycles. The van der Waals surface area contributed by atoms with Gasteiger partial charge in [0, 0.05) is 39.5 Å². The van der Waals surface area contributed by atoms with Crippen molar-refractivity contribution in [1.29, 1.82) is 0 Å². The SMILES string of the molecule is CC[C@H](C)NC(=O)[C@H](Cc1ccccc1)N(Cc1c(Cl)cccc1Cl)C(=O)CSc1ccc(C)cc1. The Morgan fingerprint density at radius 2 is 1.58 bits per heavy atom. The summed E-state index contributed by atoms with van der Waals surface area (Å²) in [5, 5.41) is 4.00. The Kier molecular flexibility index (Phi) is 10.7. The monoisotopic (exact) mass is 542 g/mol. The fourth-order valence-corrected chi connectivity index (χ4v) is 5.01. The standard InChI is InChI=1S/C29H32Cl2N2O2S/c1-4-21(3)32-29(35)27(17-22-9-6-5-7-10-22)33(18-24-25(30)11-8-12-26(24)31)28(34)19-36-23-15-13-20(2)14-16-23/h5-16,21,27H,4,17-19H2,1-3H3,(H,32,35)/t21-,27-/m0/s1. The summed E-state index contributed by atoms with van der Waals surface area (Å²) in [4.78, 5) is 29.9. The molecule has 2 atom stereocenters. The van der Waals surface area contributed by atoms with Gasteiger partial charge in [-0.1, -0.05) is 84.2 Å². The summed E-state index contributed by atoms with van der Waals surface area (Å²) >= 11 is 14.4. The first kappa shape index (κ1) is 28.1. The van der Waals surface area contributed by atoms with Gasteiger partial charge in [-0.3, -0.25) is 9.59 Å². The number of thioether (sulfide) groups is 1. The van der Waals surface area contributed by atoms with E-state index >= 15 is 0 Å². The van der Waals surface area contributed by atoms with Crippen LogP contribution >= 0.6 is 35.0 Å². The zero-order valence-electron chi connectivity index (χ0n) is 20.8. The third-order valence-corrected chi connectivity index (χ3v) is 7.75. The van der Waals surface area contributed by atoms with Crippen molar-refractivity contribution in [1.82, 2.24) is 10.2 Å². The highest BCUT2D eigenvalue weighted by molar-refractivity contribution is 8.00. The van der Waals surface area contributed by atoms with Gasteiger partial charge in [0.1, 0.15) is 6.04 Å². The number of halogens is 2. The van der Waals surface area contributed by atoms with E-state index in [9.17, 15) is 9.59 Å². The zero-order chi connectivity index (χ0) is 26.1. The Morgan fingerprint density at radius 1 is 0.944 bits per heavy atom. The molecule has 0 spiro atoms. The molecule has 0 aromatic heterocycles. The van der Waals surface area contributed by atoms with Crippen molar-refractivity contribution in [3.8, 4) is 0 Å². The molecule has 190 valence electrons. The highest BCUT2D eigenvalue weighted by atomic mass is 35.5. The third-order valence-electron chi connectivity index (χ3n) is 6.05. The summed E-state index contributed by atoms with van der Waals surface area (Å²) < 4.78 is 0. The van der Waals surface area contributed by atoms with Crippen molar-refractivity contribution >= 4 is 46.8 Å². The number of carbonyl (C=O) groups excluding carboxylic acids is 2. The molecule has 0 bridgehead atoms. The molecule has 3 rings (SSSR count). The van der Waals surface area contributed by atoms with Gasteiger partial charge < -0.3 is 10.2 Å². The largest absolute Gasteiger partial charge is 0.352 e. The topological polar surface area (TPSA) is 49.4 Å². The second-order valence-electron chi connectivity index (χ2n) is 8.85. The van der Waals surface area contributed by atoms with E-state index in [0.717, 1.165) is 22.4 Å². The Labute approximate surface area is 228 Å². The van der Waals surface area contributed by atoms with Crippen molar-refractivity contribution in [3.63, 3.8) is 0 Å². The minimum atomic E-state index is -0.722. The van der Waals surface area contributed by atoms with E-state index in [1.807, 2.05) is 75.4 Å². The summed E-state index contributed by atoms with van der Waals surface area (Å²) in [6.45, 7) is 6.14. The molecule has 7 heteroatoms. The van der Waals surface area contributed by atoms with Gasteiger partial charge in [-0.15, -0.1) is 11.8 Å². The molecule has 3 aromatic carbocycles. The normalized spacial score (nSPS) is 12.6. The van der Waals surface area contributed by atoms with E-state index in [0.29, 0.717) is 22.0 Å². The van der Waals surface area contributed by atoms with Crippen molar-refractivity contribution in [2.24, 2.45) is 0 Å². The number of hydrogen-bond acceptors (Lipinski definition) is 3. The van der Waals surface area contributed by atoms with E-state index in [4.69, 9.17) is 23.2 Å². The summed E-state index contributed by atoms with van der Waals surface area (Å²) in [6.07, 6.45) is 1.17. The van der Waals surface area contributed by atoms with Gasteiger partial charge in [0.25, 0.3) is 0 Å². The first-order chi connectivity index (χ1) is 17.3. The van der Waals surface area contributed by atoms with Crippen LogP contribution < -0.4 is 5.32 Å². The number of nitrogens with one attached hydrogen (secondary N) is 1. The fourth-order valence-electron chi connectivity index (χ4n) is 3.71. The van der Waals surface area contributed by atoms with E-state index in [1.54, 1.807) is 23.1 Å². The predicted octanol–water partition coefficient (Wildman–Crippen LogP) is 6.95. The first-order valence-electron chi connectivity index (χ1n) is 12.0. The second-order valence-corrected chi connectivity index (χ2v) is 10.7. The van der Waals surface area contributed by atoms with Crippen LogP contribution in [0.2, 0.25) is 10.0 Å². The molecule has 36 heavy (non-hydrogen) atoms. The average molecular weight is 544 g/mol. The van der Waals surface area contributed by atoms with E-state index in [1.165, 1.54) is 11.8 Å². The van der Waals surface area contributed by atoms with Crippen molar-refractivity contribution < 1.29 is 9.59 Å². The summed E-state index contributed by atoms with van der Waals surface area (Å²) in [6, 6.07) is 22.3. The highest BCUT2D eigenvalue weighted by Gasteiger charge is 2.31. The van der Waals surface area contributed by atoms with Crippen LogP contribution in [0, 0.1) is 6.92 Å². The van der Waals surface area contributed by atoms with Crippen LogP contribution in [0.1, 0.15) is 37.0 Å². The molecule has 0 aliphatic carbocycles. The smallest absolute Gasteiger partial charge is 0.243 e. The number of amides is 2. The highest BCUT2D eigenvalue weighted by Crippen LogP contribution is 2.28. The van der Waals surface area contributed by atoms with E-state index in [-0.39, 0.29) is 30.2 Å². The molecule has 4 nitrogen and oxygen atoms in total. The zero-order valence-corrected chi connectivity index (χ0v) is 23.2. The van der Waals surface area contributed by atoms with Crippen molar-refractivity contribution in [2.75, 3.05) is 5.75 Å². The molecule has 0 fully saturated rings. The third kappa shape index (κ3) is 8.02.